The van der Waals surface area contributed by atoms with Gasteiger partial charge in [0.1, 0.15) is 11.6 Å². The predicted molar refractivity (Wildman–Crippen MR) is 130 cm³/mol. The number of methoxy groups -OCH3 is 1. The molecule has 0 aliphatic carbocycles. The Morgan fingerprint density at radius 3 is 2.71 bits per heavy atom. The zero-order valence-corrected chi connectivity index (χ0v) is 20.2. The summed E-state index contributed by atoms with van der Waals surface area (Å²) in [5.74, 6) is -0.535. The molecule has 3 aromatic rings. The minimum Gasteiger partial charge on any atom is -0.495 e. The van der Waals surface area contributed by atoms with E-state index >= 15 is 0 Å². The number of anilines is 2. The highest BCUT2D eigenvalue weighted by molar-refractivity contribution is 6.15. The molecule has 7 nitrogen and oxygen atoms in total. The van der Waals surface area contributed by atoms with Crippen molar-refractivity contribution in [2.45, 2.75) is 39.7 Å². The van der Waals surface area contributed by atoms with Gasteiger partial charge < -0.3 is 24.3 Å². The Morgan fingerprint density at radius 2 is 2.00 bits per heavy atom. The summed E-state index contributed by atoms with van der Waals surface area (Å²) < 4.78 is 26.5. The number of ether oxygens (including phenoxy) is 2. The Kier molecular flexibility index (Phi) is 6.50. The van der Waals surface area contributed by atoms with Gasteiger partial charge in [-0.15, -0.1) is 0 Å². The summed E-state index contributed by atoms with van der Waals surface area (Å²) in [5.41, 5.74) is 4.11. The Bertz CT molecular complexity index is 1270. The number of esters is 1. The van der Waals surface area contributed by atoms with Crippen molar-refractivity contribution in [3.63, 3.8) is 0 Å². The Morgan fingerprint density at radius 1 is 1.24 bits per heavy atom. The summed E-state index contributed by atoms with van der Waals surface area (Å²) in [6, 6.07) is 8.44. The SMILES string of the molecule is CCOC(=O)c1c(C)n(C)c2ccc(OC)c(NC(=O)CN3c4ccc(F)cc4CC[C@H]3C)c12. The smallest absolute Gasteiger partial charge is 0.340 e. The van der Waals surface area contributed by atoms with Crippen molar-refractivity contribution in [2.24, 2.45) is 7.05 Å². The van der Waals surface area contributed by atoms with Crippen LogP contribution in [0.2, 0.25) is 0 Å². The highest BCUT2D eigenvalue weighted by Gasteiger charge is 2.28. The molecule has 0 saturated heterocycles. The second-order valence-corrected chi connectivity index (χ2v) is 8.61. The van der Waals surface area contributed by atoms with E-state index in [-0.39, 0.29) is 30.9 Å². The number of nitrogens with one attached hydrogen (secondary N) is 1. The van der Waals surface area contributed by atoms with E-state index in [9.17, 15) is 14.0 Å². The molecule has 0 unspecified atom stereocenters. The third-order valence-corrected chi connectivity index (χ3v) is 6.61. The van der Waals surface area contributed by atoms with Crippen molar-refractivity contribution < 1.29 is 23.5 Å². The van der Waals surface area contributed by atoms with Crippen molar-refractivity contribution in [3.05, 3.63) is 53.0 Å². The zero-order valence-electron chi connectivity index (χ0n) is 20.2. The molecule has 0 bridgehead atoms. The number of aromatic nitrogens is 1. The molecule has 1 aliphatic rings. The van der Waals surface area contributed by atoms with Gasteiger partial charge in [0.2, 0.25) is 5.91 Å². The number of hydrogen-bond acceptors (Lipinski definition) is 5. The van der Waals surface area contributed by atoms with Gasteiger partial charge >= 0.3 is 5.97 Å². The lowest BCUT2D eigenvalue weighted by Crippen LogP contribution is -2.42. The van der Waals surface area contributed by atoms with Gasteiger partial charge in [0, 0.05) is 29.9 Å². The monoisotopic (exact) mass is 467 g/mol. The number of amides is 1. The first-order chi connectivity index (χ1) is 16.3. The first-order valence-corrected chi connectivity index (χ1v) is 11.4. The maximum atomic E-state index is 13.7. The second kappa shape index (κ2) is 9.37. The number of rotatable bonds is 6. The number of carbonyl (C=O) groups is 2. The second-order valence-electron chi connectivity index (χ2n) is 8.61. The summed E-state index contributed by atoms with van der Waals surface area (Å²) in [6.45, 7) is 5.98. The minimum absolute atomic E-state index is 0.0832. The van der Waals surface area contributed by atoms with E-state index in [2.05, 4.69) is 12.2 Å². The first kappa shape index (κ1) is 23.6. The fraction of sp³-hybridized carbons (Fsp3) is 0.385. The summed E-state index contributed by atoms with van der Waals surface area (Å²) in [4.78, 5) is 28.1. The van der Waals surface area contributed by atoms with E-state index in [4.69, 9.17) is 9.47 Å². The molecule has 2 aromatic carbocycles. The molecule has 1 atom stereocenters. The maximum Gasteiger partial charge on any atom is 0.340 e. The first-order valence-electron chi connectivity index (χ1n) is 11.4. The third kappa shape index (κ3) is 4.08. The van der Waals surface area contributed by atoms with E-state index in [1.165, 1.54) is 19.2 Å². The van der Waals surface area contributed by atoms with E-state index in [0.29, 0.717) is 22.4 Å². The lowest BCUT2D eigenvalue weighted by Gasteiger charge is -2.36. The van der Waals surface area contributed by atoms with Crippen LogP contribution in [0.1, 0.15) is 41.9 Å². The van der Waals surface area contributed by atoms with Crippen molar-refractivity contribution in [2.75, 3.05) is 30.5 Å². The van der Waals surface area contributed by atoms with Crippen LogP contribution in [0.3, 0.4) is 0 Å². The number of carbonyl (C=O) groups excluding carboxylic acids is 2. The van der Waals surface area contributed by atoms with Gasteiger partial charge in [0.05, 0.1) is 37.0 Å². The van der Waals surface area contributed by atoms with Gasteiger partial charge in [-0.2, -0.15) is 0 Å². The average Bonchev–Trinajstić information content (AvgIpc) is 3.06. The summed E-state index contributed by atoms with van der Waals surface area (Å²) in [5, 5.41) is 3.58. The molecule has 180 valence electrons. The standard InChI is InChI=1S/C26H30FN3O4/c1-6-34-26(32)23-16(3)29(4)20-11-12-21(33-5)25(24(20)23)28-22(31)14-30-15(2)7-8-17-13-18(27)9-10-19(17)30/h9-13,15H,6-8,14H2,1-5H3,(H,28,31)/t15-/m1/s1. The summed E-state index contributed by atoms with van der Waals surface area (Å²) in [7, 11) is 3.39. The molecule has 1 N–H and O–H groups in total. The quantitative estimate of drug-likeness (QED) is 0.537. The molecule has 2 heterocycles. The molecule has 1 amide bonds. The van der Waals surface area contributed by atoms with Crippen LogP contribution in [0.25, 0.3) is 10.9 Å². The van der Waals surface area contributed by atoms with Gasteiger partial charge in [0.15, 0.2) is 0 Å². The van der Waals surface area contributed by atoms with Crippen LogP contribution in [-0.4, -0.2) is 42.7 Å². The maximum absolute atomic E-state index is 13.7. The number of benzene rings is 2. The van der Waals surface area contributed by atoms with Gasteiger partial charge in [0.25, 0.3) is 0 Å². The van der Waals surface area contributed by atoms with E-state index in [1.807, 2.05) is 29.5 Å². The number of nitrogens with zero attached hydrogens (tertiary/aromatic N) is 2. The molecule has 0 radical (unpaired) electrons. The number of aryl methyl sites for hydroxylation is 2. The number of hydrogen-bond donors (Lipinski definition) is 1. The van der Waals surface area contributed by atoms with Gasteiger partial charge in [-0.05, 0) is 69.5 Å². The van der Waals surface area contributed by atoms with E-state index < -0.39 is 5.97 Å². The van der Waals surface area contributed by atoms with Crippen LogP contribution in [0.5, 0.6) is 5.75 Å². The van der Waals surface area contributed by atoms with Gasteiger partial charge in [-0.25, -0.2) is 9.18 Å². The number of halogens is 1. The van der Waals surface area contributed by atoms with Crippen LogP contribution in [-0.2, 0) is 23.0 Å². The fourth-order valence-electron chi connectivity index (χ4n) is 4.75. The molecule has 4 rings (SSSR count). The lowest BCUT2D eigenvalue weighted by molar-refractivity contribution is -0.115. The predicted octanol–water partition coefficient (Wildman–Crippen LogP) is 4.59. The highest BCUT2D eigenvalue weighted by Crippen LogP contribution is 2.39. The van der Waals surface area contributed by atoms with Crippen LogP contribution in [0.15, 0.2) is 30.3 Å². The molecule has 0 spiro atoms. The largest absolute Gasteiger partial charge is 0.495 e. The topological polar surface area (TPSA) is 72.8 Å². The third-order valence-electron chi connectivity index (χ3n) is 6.61. The Labute approximate surface area is 198 Å². The molecule has 0 fully saturated rings. The molecule has 34 heavy (non-hydrogen) atoms. The molecular weight excluding hydrogens is 437 g/mol. The van der Waals surface area contributed by atoms with Gasteiger partial charge in [-0.1, -0.05) is 0 Å². The zero-order chi connectivity index (χ0) is 24.6. The summed E-state index contributed by atoms with van der Waals surface area (Å²) >= 11 is 0. The lowest BCUT2D eigenvalue weighted by atomic mass is 9.96. The van der Waals surface area contributed by atoms with Crippen molar-refractivity contribution >= 4 is 34.2 Å². The van der Waals surface area contributed by atoms with Crippen molar-refractivity contribution in [1.82, 2.24) is 4.57 Å². The van der Waals surface area contributed by atoms with Crippen molar-refractivity contribution in [3.8, 4) is 5.75 Å². The van der Waals surface area contributed by atoms with Crippen LogP contribution >= 0.6 is 0 Å². The molecule has 1 aromatic heterocycles. The molecular formula is C26H30FN3O4. The normalized spacial score (nSPS) is 15.2. The number of fused-ring (bicyclic) bond motifs is 2. The van der Waals surface area contributed by atoms with E-state index in [0.717, 1.165) is 35.3 Å². The minimum atomic E-state index is -0.449. The Balaban J connectivity index is 1.73. The van der Waals surface area contributed by atoms with E-state index in [1.54, 1.807) is 19.1 Å². The Hall–Kier alpha value is -3.55. The average molecular weight is 468 g/mol. The molecule has 1 aliphatic heterocycles. The molecule has 0 saturated carbocycles. The highest BCUT2D eigenvalue weighted by atomic mass is 19.1. The van der Waals surface area contributed by atoms with Gasteiger partial charge in [-0.3, -0.25) is 4.79 Å². The fourth-order valence-corrected chi connectivity index (χ4v) is 4.75. The summed E-state index contributed by atoms with van der Waals surface area (Å²) in [6.07, 6.45) is 1.60. The van der Waals surface area contributed by atoms with Crippen LogP contribution < -0.4 is 15.0 Å². The van der Waals surface area contributed by atoms with Crippen LogP contribution in [0, 0.1) is 12.7 Å². The van der Waals surface area contributed by atoms with Crippen molar-refractivity contribution in [1.29, 1.82) is 0 Å². The molecule has 8 heteroatoms. The van der Waals surface area contributed by atoms with Crippen LogP contribution in [0.4, 0.5) is 15.8 Å².